The van der Waals surface area contributed by atoms with Crippen molar-refractivity contribution < 1.29 is 8.42 Å². The Balaban J connectivity index is 1.86. The fraction of sp³-hybridized carbons (Fsp3) is 0.400. The first-order valence-electron chi connectivity index (χ1n) is 9.07. The predicted octanol–water partition coefficient (Wildman–Crippen LogP) is 3.25. The topological polar surface area (TPSA) is 52.6 Å². The summed E-state index contributed by atoms with van der Waals surface area (Å²) < 4.78 is 28.7. The minimum absolute atomic E-state index is 0.328. The number of anilines is 2. The Kier molecular flexibility index (Phi) is 5.53. The van der Waals surface area contributed by atoms with Crippen molar-refractivity contribution in [3.05, 3.63) is 53.6 Å². The van der Waals surface area contributed by atoms with Crippen LogP contribution in [0.25, 0.3) is 0 Å². The molecule has 0 saturated carbocycles. The molecule has 5 nitrogen and oxygen atoms in total. The molecule has 0 aliphatic carbocycles. The molecular weight excluding hydrogens is 346 g/mol. The number of nitrogens with zero attached hydrogens (tertiary/aromatic N) is 2. The van der Waals surface area contributed by atoms with E-state index in [-0.39, 0.29) is 0 Å². The highest BCUT2D eigenvalue weighted by Gasteiger charge is 2.22. The molecule has 1 aliphatic rings. The summed E-state index contributed by atoms with van der Waals surface area (Å²) >= 11 is 0. The molecule has 0 amide bonds. The van der Waals surface area contributed by atoms with Gasteiger partial charge in [-0.15, -0.1) is 0 Å². The first kappa shape index (κ1) is 18.7. The Morgan fingerprint density at radius 2 is 1.69 bits per heavy atom. The van der Waals surface area contributed by atoms with E-state index in [1.54, 1.807) is 6.07 Å². The molecule has 1 heterocycles. The highest BCUT2D eigenvalue weighted by molar-refractivity contribution is 7.92. The quantitative estimate of drug-likeness (QED) is 0.874. The summed E-state index contributed by atoms with van der Waals surface area (Å²) in [7, 11) is -3.62. The minimum atomic E-state index is -3.62. The van der Waals surface area contributed by atoms with E-state index in [0.29, 0.717) is 10.6 Å². The van der Waals surface area contributed by atoms with E-state index in [4.69, 9.17) is 0 Å². The van der Waals surface area contributed by atoms with Gasteiger partial charge in [0.05, 0.1) is 16.3 Å². The van der Waals surface area contributed by atoms with Crippen LogP contribution in [-0.2, 0) is 10.0 Å². The zero-order chi connectivity index (χ0) is 18.7. The first-order chi connectivity index (χ1) is 12.4. The summed E-state index contributed by atoms with van der Waals surface area (Å²) in [4.78, 5) is 4.99. The second-order valence-electron chi connectivity index (χ2n) is 6.81. The van der Waals surface area contributed by atoms with Crippen molar-refractivity contribution in [2.75, 3.05) is 42.3 Å². The highest BCUT2D eigenvalue weighted by Crippen LogP contribution is 2.29. The molecule has 140 valence electrons. The third-order valence-electron chi connectivity index (χ3n) is 4.93. The van der Waals surface area contributed by atoms with Gasteiger partial charge in [0.15, 0.2) is 0 Å². The Hall–Kier alpha value is -2.05. The van der Waals surface area contributed by atoms with Crippen LogP contribution < -0.4 is 9.62 Å². The van der Waals surface area contributed by atoms with Crippen LogP contribution in [0.4, 0.5) is 11.4 Å². The molecule has 0 atom stereocenters. The summed E-state index contributed by atoms with van der Waals surface area (Å²) in [6.45, 7) is 10.8. The molecule has 1 fully saturated rings. The molecule has 26 heavy (non-hydrogen) atoms. The number of benzene rings is 2. The zero-order valence-corrected chi connectivity index (χ0v) is 16.5. The number of hydrogen-bond donors (Lipinski definition) is 1. The molecular formula is C20H27N3O2S. The van der Waals surface area contributed by atoms with Gasteiger partial charge in [0.2, 0.25) is 0 Å². The van der Waals surface area contributed by atoms with Crippen molar-refractivity contribution in [1.29, 1.82) is 0 Å². The lowest BCUT2D eigenvalue weighted by Gasteiger charge is -2.36. The normalized spacial score (nSPS) is 15.9. The Bertz CT molecular complexity index is 872. The van der Waals surface area contributed by atoms with Gasteiger partial charge < -0.3 is 9.80 Å². The molecule has 1 saturated heterocycles. The van der Waals surface area contributed by atoms with Crippen LogP contribution in [0, 0.1) is 13.8 Å². The molecule has 0 aromatic heterocycles. The number of hydrogen-bond acceptors (Lipinski definition) is 4. The number of rotatable bonds is 5. The predicted molar refractivity (Wildman–Crippen MR) is 107 cm³/mol. The molecule has 0 spiro atoms. The molecule has 6 heteroatoms. The van der Waals surface area contributed by atoms with Gasteiger partial charge in [0, 0.05) is 26.2 Å². The smallest absolute Gasteiger partial charge is 0.262 e. The molecule has 1 aliphatic heterocycles. The Morgan fingerprint density at radius 1 is 1.00 bits per heavy atom. The van der Waals surface area contributed by atoms with Gasteiger partial charge in [-0.1, -0.05) is 36.8 Å². The van der Waals surface area contributed by atoms with Gasteiger partial charge >= 0.3 is 0 Å². The monoisotopic (exact) mass is 373 g/mol. The lowest BCUT2D eigenvalue weighted by Crippen LogP contribution is -2.46. The van der Waals surface area contributed by atoms with Crippen LogP contribution in [0.5, 0.6) is 0 Å². The van der Waals surface area contributed by atoms with Crippen molar-refractivity contribution in [3.63, 3.8) is 0 Å². The van der Waals surface area contributed by atoms with Crippen molar-refractivity contribution in [2.45, 2.75) is 25.7 Å². The summed E-state index contributed by atoms with van der Waals surface area (Å²) in [5, 5.41) is 0. The number of aryl methyl sites for hydroxylation is 2. The van der Waals surface area contributed by atoms with Crippen LogP contribution >= 0.6 is 0 Å². The lowest BCUT2D eigenvalue weighted by atomic mass is 10.2. The van der Waals surface area contributed by atoms with E-state index in [1.165, 1.54) is 0 Å². The number of para-hydroxylation sites is 2. The standard InChI is InChI=1S/C20H27N3O2S/c1-4-22-11-13-23(14-12-22)19-8-6-5-7-18(19)21-26(24,25)20-10-9-16(2)15-17(20)3/h5-10,15,21H,4,11-14H2,1-3H3. The second kappa shape index (κ2) is 7.68. The van der Waals surface area contributed by atoms with Gasteiger partial charge in [-0.05, 0) is 44.2 Å². The summed E-state index contributed by atoms with van der Waals surface area (Å²) in [5.74, 6) is 0. The Labute approximate surface area is 156 Å². The van der Waals surface area contributed by atoms with E-state index in [9.17, 15) is 8.42 Å². The largest absolute Gasteiger partial charge is 0.367 e. The maximum absolute atomic E-state index is 12.9. The maximum Gasteiger partial charge on any atom is 0.262 e. The van der Waals surface area contributed by atoms with E-state index in [0.717, 1.165) is 49.5 Å². The number of nitrogens with one attached hydrogen (secondary N) is 1. The average Bonchev–Trinajstić information content (AvgIpc) is 2.61. The van der Waals surface area contributed by atoms with Gasteiger partial charge in [-0.25, -0.2) is 8.42 Å². The molecule has 3 rings (SSSR count). The summed E-state index contributed by atoms with van der Waals surface area (Å²) in [5.41, 5.74) is 3.39. The van der Waals surface area contributed by atoms with Crippen molar-refractivity contribution in [3.8, 4) is 0 Å². The molecule has 2 aromatic carbocycles. The SMILES string of the molecule is CCN1CCN(c2ccccc2NS(=O)(=O)c2ccc(C)cc2C)CC1. The van der Waals surface area contributed by atoms with E-state index >= 15 is 0 Å². The van der Waals surface area contributed by atoms with Gasteiger partial charge in [0.25, 0.3) is 10.0 Å². The summed E-state index contributed by atoms with van der Waals surface area (Å²) in [6, 6.07) is 13.0. The van der Waals surface area contributed by atoms with E-state index < -0.39 is 10.0 Å². The molecule has 0 radical (unpaired) electrons. The van der Waals surface area contributed by atoms with Crippen LogP contribution in [0.3, 0.4) is 0 Å². The fourth-order valence-corrected chi connectivity index (χ4v) is 4.74. The third-order valence-corrected chi connectivity index (χ3v) is 6.45. The van der Waals surface area contributed by atoms with Gasteiger partial charge in [-0.2, -0.15) is 0 Å². The van der Waals surface area contributed by atoms with Crippen LogP contribution in [0.15, 0.2) is 47.4 Å². The van der Waals surface area contributed by atoms with Crippen molar-refractivity contribution >= 4 is 21.4 Å². The van der Waals surface area contributed by atoms with Crippen molar-refractivity contribution in [2.24, 2.45) is 0 Å². The van der Waals surface area contributed by atoms with E-state index in [1.807, 2.05) is 50.2 Å². The summed E-state index contributed by atoms with van der Waals surface area (Å²) in [6.07, 6.45) is 0. The zero-order valence-electron chi connectivity index (χ0n) is 15.7. The van der Waals surface area contributed by atoms with Crippen molar-refractivity contribution in [1.82, 2.24) is 4.90 Å². The molecule has 0 unspecified atom stereocenters. The fourth-order valence-electron chi connectivity index (χ4n) is 3.44. The minimum Gasteiger partial charge on any atom is -0.367 e. The van der Waals surface area contributed by atoms with Crippen LogP contribution in [0.2, 0.25) is 0 Å². The molecule has 0 bridgehead atoms. The number of sulfonamides is 1. The highest BCUT2D eigenvalue weighted by atomic mass is 32.2. The third kappa shape index (κ3) is 4.02. The van der Waals surface area contributed by atoms with E-state index in [2.05, 4.69) is 21.4 Å². The average molecular weight is 374 g/mol. The van der Waals surface area contributed by atoms with Crippen LogP contribution in [-0.4, -0.2) is 46.0 Å². The second-order valence-corrected chi connectivity index (χ2v) is 8.46. The maximum atomic E-state index is 12.9. The first-order valence-corrected chi connectivity index (χ1v) is 10.6. The number of likely N-dealkylation sites (N-methyl/N-ethyl adjacent to an activating group) is 1. The van der Waals surface area contributed by atoms with Gasteiger partial charge in [0.1, 0.15) is 0 Å². The number of piperazine rings is 1. The van der Waals surface area contributed by atoms with Crippen LogP contribution in [0.1, 0.15) is 18.1 Å². The van der Waals surface area contributed by atoms with Gasteiger partial charge in [-0.3, -0.25) is 4.72 Å². The lowest BCUT2D eigenvalue weighted by molar-refractivity contribution is 0.271. The Morgan fingerprint density at radius 3 is 2.35 bits per heavy atom. The molecule has 1 N–H and O–H groups in total. The molecule has 2 aromatic rings.